The maximum atomic E-state index is 13.6. The molecule has 0 aliphatic carbocycles. The first-order chi connectivity index (χ1) is 15.1. The molecule has 0 unspecified atom stereocenters. The number of likely N-dealkylation sites (tertiary alicyclic amines) is 1. The Morgan fingerprint density at radius 2 is 1.58 bits per heavy atom. The fraction of sp³-hybridized carbons (Fsp3) is 0.462. The molecular formula is C26H34N4O. The summed E-state index contributed by atoms with van der Waals surface area (Å²) in [5, 5.41) is 0. The molecule has 1 aromatic heterocycles. The van der Waals surface area contributed by atoms with E-state index in [0.29, 0.717) is 6.54 Å². The van der Waals surface area contributed by atoms with E-state index >= 15 is 0 Å². The van der Waals surface area contributed by atoms with Crippen LogP contribution in [0.2, 0.25) is 0 Å². The van der Waals surface area contributed by atoms with Gasteiger partial charge < -0.3 is 9.47 Å². The average Bonchev–Trinajstić information content (AvgIpc) is 2.94. The minimum atomic E-state index is 0.0798. The third-order valence-electron chi connectivity index (χ3n) is 6.36. The highest BCUT2D eigenvalue weighted by Gasteiger charge is 2.26. The van der Waals surface area contributed by atoms with E-state index in [1.807, 2.05) is 53.4 Å². The molecule has 1 amide bonds. The van der Waals surface area contributed by atoms with E-state index in [4.69, 9.17) is 4.98 Å². The molecule has 0 bridgehead atoms. The van der Waals surface area contributed by atoms with Gasteiger partial charge in [-0.2, -0.15) is 0 Å². The van der Waals surface area contributed by atoms with Crippen LogP contribution in [0.3, 0.4) is 0 Å². The van der Waals surface area contributed by atoms with Gasteiger partial charge in [0.05, 0.1) is 17.1 Å². The maximum Gasteiger partial charge on any atom is 0.247 e. The van der Waals surface area contributed by atoms with Gasteiger partial charge in [0.15, 0.2) is 0 Å². The lowest BCUT2D eigenvalue weighted by Gasteiger charge is -2.30. The van der Waals surface area contributed by atoms with Crippen LogP contribution in [-0.2, 0) is 11.3 Å². The molecule has 0 saturated carbocycles. The lowest BCUT2D eigenvalue weighted by Crippen LogP contribution is -2.40. The minimum Gasteiger partial charge on any atom is -0.317 e. The van der Waals surface area contributed by atoms with Gasteiger partial charge >= 0.3 is 0 Å². The van der Waals surface area contributed by atoms with Crippen molar-refractivity contribution in [2.75, 3.05) is 18.0 Å². The summed E-state index contributed by atoms with van der Waals surface area (Å²) < 4.78 is 2.14. The summed E-state index contributed by atoms with van der Waals surface area (Å²) in [6.45, 7) is 8.86. The topological polar surface area (TPSA) is 41.4 Å². The van der Waals surface area contributed by atoms with Crippen molar-refractivity contribution in [2.45, 2.75) is 65.1 Å². The zero-order chi connectivity index (χ0) is 21.8. The Labute approximate surface area is 185 Å². The monoisotopic (exact) mass is 418 g/mol. The SMILES string of the molecule is CC(C)N(C(=O)Cn1c([C@H](C)N2CCCCCC2)nc2ccccc21)c1ccccc1. The zero-order valence-electron chi connectivity index (χ0n) is 19.0. The Hall–Kier alpha value is -2.66. The van der Waals surface area contributed by atoms with E-state index < -0.39 is 0 Å². The van der Waals surface area contributed by atoms with Crippen LogP contribution >= 0.6 is 0 Å². The molecule has 1 fully saturated rings. The Kier molecular flexibility index (Phi) is 6.71. The van der Waals surface area contributed by atoms with Crippen LogP contribution in [0.15, 0.2) is 54.6 Å². The first-order valence-corrected chi connectivity index (χ1v) is 11.6. The first-order valence-electron chi connectivity index (χ1n) is 11.6. The number of fused-ring (bicyclic) bond motifs is 1. The van der Waals surface area contributed by atoms with Gasteiger partial charge in [0.2, 0.25) is 5.91 Å². The molecule has 0 N–H and O–H groups in total. The number of carbonyl (C=O) groups is 1. The number of para-hydroxylation sites is 3. The molecular weight excluding hydrogens is 384 g/mol. The second-order valence-electron chi connectivity index (χ2n) is 8.86. The number of anilines is 1. The number of rotatable bonds is 6. The number of amides is 1. The van der Waals surface area contributed by atoms with Crippen molar-refractivity contribution in [3.63, 3.8) is 0 Å². The molecule has 1 saturated heterocycles. The van der Waals surface area contributed by atoms with Gasteiger partial charge in [-0.25, -0.2) is 4.98 Å². The smallest absolute Gasteiger partial charge is 0.247 e. The fourth-order valence-corrected chi connectivity index (χ4v) is 4.76. The summed E-state index contributed by atoms with van der Waals surface area (Å²) in [6.07, 6.45) is 5.08. The first kappa shape index (κ1) is 21.6. The molecule has 2 aromatic carbocycles. The normalized spacial score (nSPS) is 16.4. The van der Waals surface area contributed by atoms with Crippen molar-refractivity contribution in [1.82, 2.24) is 14.5 Å². The van der Waals surface area contributed by atoms with Crippen molar-refractivity contribution in [1.29, 1.82) is 0 Å². The Bertz CT molecular complexity index is 1000. The molecule has 5 nitrogen and oxygen atoms in total. The molecule has 164 valence electrons. The fourth-order valence-electron chi connectivity index (χ4n) is 4.76. The van der Waals surface area contributed by atoms with Crippen LogP contribution in [-0.4, -0.2) is 39.5 Å². The van der Waals surface area contributed by atoms with Gasteiger partial charge in [0.1, 0.15) is 12.4 Å². The molecule has 1 aliphatic rings. The Morgan fingerprint density at radius 3 is 2.26 bits per heavy atom. The average molecular weight is 419 g/mol. The van der Waals surface area contributed by atoms with E-state index in [2.05, 4.69) is 36.3 Å². The highest BCUT2D eigenvalue weighted by Crippen LogP contribution is 2.28. The van der Waals surface area contributed by atoms with Crippen LogP contribution in [0, 0.1) is 0 Å². The largest absolute Gasteiger partial charge is 0.317 e. The minimum absolute atomic E-state index is 0.0798. The van der Waals surface area contributed by atoms with E-state index in [-0.39, 0.29) is 18.0 Å². The lowest BCUT2D eigenvalue weighted by atomic mass is 10.2. The quantitative estimate of drug-likeness (QED) is 0.537. The molecule has 2 heterocycles. The molecule has 5 heteroatoms. The number of imidazole rings is 1. The van der Waals surface area contributed by atoms with Gasteiger partial charge in [-0.3, -0.25) is 9.69 Å². The van der Waals surface area contributed by atoms with Crippen LogP contribution < -0.4 is 4.90 Å². The number of hydrogen-bond acceptors (Lipinski definition) is 3. The van der Waals surface area contributed by atoms with E-state index in [9.17, 15) is 4.79 Å². The Balaban J connectivity index is 1.69. The van der Waals surface area contributed by atoms with Crippen molar-refractivity contribution in [3.8, 4) is 0 Å². The number of nitrogens with zero attached hydrogens (tertiary/aromatic N) is 4. The van der Waals surface area contributed by atoms with Crippen LogP contribution in [0.4, 0.5) is 5.69 Å². The van der Waals surface area contributed by atoms with Crippen LogP contribution in [0.1, 0.15) is 58.3 Å². The molecule has 1 aliphatic heterocycles. The summed E-state index contributed by atoms with van der Waals surface area (Å²) in [4.78, 5) is 23.0. The third-order valence-corrected chi connectivity index (χ3v) is 6.36. The summed E-state index contributed by atoms with van der Waals surface area (Å²) in [7, 11) is 0. The van der Waals surface area contributed by atoms with Crippen LogP contribution in [0.25, 0.3) is 11.0 Å². The van der Waals surface area contributed by atoms with E-state index in [1.54, 1.807) is 0 Å². The number of carbonyl (C=O) groups excluding carboxylic acids is 1. The number of benzene rings is 2. The zero-order valence-corrected chi connectivity index (χ0v) is 19.0. The van der Waals surface area contributed by atoms with Crippen molar-refractivity contribution in [3.05, 3.63) is 60.4 Å². The molecule has 31 heavy (non-hydrogen) atoms. The summed E-state index contributed by atoms with van der Waals surface area (Å²) in [6, 6.07) is 18.4. The number of aromatic nitrogens is 2. The maximum absolute atomic E-state index is 13.6. The van der Waals surface area contributed by atoms with Crippen molar-refractivity contribution < 1.29 is 4.79 Å². The molecule has 4 rings (SSSR count). The van der Waals surface area contributed by atoms with Crippen LogP contribution in [0.5, 0.6) is 0 Å². The standard InChI is InChI=1S/C26H34N4O/c1-20(2)30(22-13-7-6-8-14-22)25(31)19-29-24-16-10-9-15-23(24)27-26(29)21(3)28-17-11-4-5-12-18-28/h6-10,13-16,20-21H,4-5,11-12,17-19H2,1-3H3/t21-/m0/s1. The predicted octanol–water partition coefficient (Wildman–Crippen LogP) is 5.41. The summed E-state index contributed by atoms with van der Waals surface area (Å²) in [5.74, 6) is 1.09. The summed E-state index contributed by atoms with van der Waals surface area (Å²) in [5.41, 5.74) is 2.93. The second kappa shape index (κ2) is 9.65. The van der Waals surface area contributed by atoms with Gasteiger partial charge in [0, 0.05) is 11.7 Å². The van der Waals surface area contributed by atoms with Crippen molar-refractivity contribution in [2.24, 2.45) is 0 Å². The summed E-state index contributed by atoms with van der Waals surface area (Å²) >= 11 is 0. The lowest BCUT2D eigenvalue weighted by molar-refractivity contribution is -0.119. The Morgan fingerprint density at radius 1 is 0.935 bits per heavy atom. The predicted molar refractivity (Wildman–Crippen MR) is 127 cm³/mol. The molecule has 0 radical (unpaired) electrons. The second-order valence-corrected chi connectivity index (χ2v) is 8.86. The highest BCUT2D eigenvalue weighted by atomic mass is 16.2. The van der Waals surface area contributed by atoms with Crippen molar-refractivity contribution >= 4 is 22.6 Å². The highest BCUT2D eigenvalue weighted by molar-refractivity contribution is 5.94. The van der Waals surface area contributed by atoms with E-state index in [0.717, 1.165) is 35.6 Å². The molecule has 0 spiro atoms. The number of hydrogen-bond donors (Lipinski definition) is 0. The molecule has 1 atom stereocenters. The van der Waals surface area contributed by atoms with Gasteiger partial charge in [-0.05, 0) is 71.0 Å². The van der Waals surface area contributed by atoms with E-state index in [1.165, 1.54) is 25.7 Å². The van der Waals surface area contributed by atoms with Gasteiger partial charge in [-0.15, -0.1) is 0 Å². The third kappa shape index (κ3) is 4.67. The van der Waals surface area contributed by atoms with Gasteiger partial charge in [-0.1, -0.05) is 43.2 Å². The van der Waals surface area contributed by atoms with Gasteiger partial charge in [0.25, 0.3) is 0 Å². The molecule has 3 aromatic rings.